The van der Waals surface area contributed by atoms with Crippen molar-refractivity contribution in [3.63, 3.8) is 0 Å². The molecule has 1 heterocycles. The normalized spacial score (nSPS) is 12.8. The minimum Gasteiger partial charge on any atom is -0.340 e. The Balaban J connectivity index is 1.55. The number of rotatable bonds is 9. The Morgan fingerprint density at radius 3 is 1.75 bits per heavy atom. The molecule has 2 aromatic rings. The summed E-state index contributed by atoms with van der Waals surface area (Å²) in [6.07, 6.45) is 11.0. The largest absolute Gasteiger partial charge is 0.340 e. The van der Waals surface area contributed by atoms with Crippen LogP contribution in [0.15, 0.2) is 58.3 Å². The van der Waals surface area contributed by atoms with Crippen LogP contribution in [0.2, 0.25) is 0 Å². The molecule has 0 radical (unpaired) electrons. The highest BCUT2D eigenvalue weighted by atomic mass is 32.2. The predicted octanol–water partition coefficient (Wildman–Crippen LogP) is 7.43. The summed E-state index contributed by atoms with van der Waals surface area (Å²) in [5.74, 6) is 0. The molecular formula is C22H29NS. The van der Waals surface area contributed by atoms with Gasteiger partial charge in [0.2, 0.25) is 0 Å². The topological polar surface area (TPSA) is 3.24 Å². The number of benzene rings is 2. The second kappa shape index (κ2) is 9.17. The maximum atomic E-state index is 2.53. The zero-order valence-corrected chi connectivity index (χ0v) is 15.7. The van der Waals surface area contributed by atoms with Crippen molar-refractivity contribution in [1.82, 2.24) is 0 Å². The summed E-state index contributed by atoms with van der Waals surface area (Å²) in [6.45, 7) is 3.41. The maximum absolute atomic E-state index is 2.53. The van der Waals surface area contributed by atoms with Crippen LogP contribution in [-0.4, -0.2) is 6.54 Å². The molecule has 0 N–H and O–H groups in total. The monoisotopic (exact) mass is 339 g/mol. The van der Waals surface area contributed by atoms with E-state index in [1.807, 2.05) is 11.8 Å². The molecule has 0 saturated carbocycles. The molecule has 0 aliphatic carbocycles. The lowest BCUT2D eigenvalue weighted by molar-refractivity contribution is 0.576. The van der Waals surface area contributed by atoms with E-state index in [2.05, 4.69) is 60.4 Å². The lowest BCUT2D eigenvalue weighted by Crippen LogP contribution is -2.21. The first-order valence-electron chi connectivity index (χ1n) is 9.53. The van der Waals surface area contributed by atoms with E-state index in [9.17, 15) is 0 Å². The van der Waals surface area contributed by atoms with E-state index in [-0.39, 0.29) is 0 Å². The summed E-state index contributed by atoms with van der Waals surface area (Å²) in [6, 6.07) is 17.6. The number of hydrogen-bond acceptors (Lipinski definition) is 2. The van der Waals surface area contributed by atoms with Gasteiger partial charge in [0.1, 0.15) is 0 Å². The quantitative estimate of drug-likeness (QED) is 0.437. The Kier molecular flexibility index (Phi) is 6.66. The second-order valence-corrected chi connectivity index (χ2v) is 7.75. The lowest BCUT2D eigenvalue weighted by Gasteiger charge is -2.32. The van der Waals surface area contributed by atoms with Crippen LogP contribution in [0.4, 0.5) is 11.4 Å². The molecule has 0 unspecified atom stereocenters. The van der Waals surface area contributed by atoms with Crippen LogP contribution >= 0.6 is 11.8 Å². The van der Waals surface area contributed by atoms with Gasteiger partial charge >= 0.3 is 0 Å². The maximum Gasteiger partial charge on any atom is 0.0552 e. The van der Waals surface area contributed by atoms with E-state index in [1.54, 1.807) is 0 Å². The van der Waals surface area contributed by atoms with E-state index in [0.29, 0.717) is 0 Å². The molecule has 0 fully saturated rings. The first-order chi connectivity index (χ1) is 11.9. The number of nitrogens with zero attached hydrogens (tertiary/aromatic N) is 1. The third-order valence-corrected chi connectivity index (χ3v) is 5.90. The van der Waals surface area contributed by atoms with Crippen LogP contribution in [0, 0.1) is 0 Å². The number of fused-ring (bicyclic) bond motifs is 2. The van der Waals surface area contributed by atoms with Crippen molar-refractivity contribution >= 4 is 23.1 Å². The van der Waals surface area contributed by atoms with Crippen molar-refractivity contribution in [2.75, 3.05) is 11.4 Å². The van der Waals surface area contributed by atoms with Gasteiger partial charge in [0, 0.05) is 16.3 Å². The number of unbranched alkanes of at least 4 members (excludes halogenated alkanes) is 7. The Bertz CT molecular complexity index is 592. The fourth-order valence-corrected chi connectivity index (χ4v) is 4.52. The Hall–Kier alpha value is -1.41. The van der Waals surface area contributed by atoms with E-state index >= 15 is 0 Å². The van der Waals surface area contributed by atoms with Crippen molar-refractivity contribution < 1.29 is 0 Å². The zero-order valence-electron chi connectivity index (χ0n) is 14.8. The van der Waals surface area contributed by atoms with Crippen LogP contribution < -0.4 is 4.90 Å². The van der Waals surface area contributed by atoms with Crippen LogP contribution in [0.1, 0.15) is 58.3 Å². The summed E-state index contributed by atoms with van der Waals surface area (Å²) < 4.78 is 0. The molecule has 0 spiro atoms. The van der Waals surface area contributed by atoms with Gasteiger partial charge in [0.25, 0.3) is 0 Å². The molecular weight excluding hydrogens is 310 g/mol. The van der Waals surface area contributed by atoms with Crippen molar-refractivity contribution in [2.45, 2.75) is 68.1 Å². The van der Waals surface area contributed by atoms with Gasteiger partial charge in [-0.3, -0.25) is 0 Å². The molecule has 2 heteroatoms. The average molecular weight is 340 g/mol. The van der Waals surface area contributed by atoms with Crippen LogP contribution in [0.3, 0.4) is 0 Å². The van der Waals surface area contributed by atoms with Crippen LogP contribution in [0.5, 0.6) is 0 Å². The molecule has 0 saturated heterocycles. The van der Waals surface area contributed by atoms with Crippen molar-refractivity contribution in [2.24, 2.45) is 0 Å². The third kappa shape index (κ3) is 4.36. The minimum atomic E-state index is 1.13. The standard InChI is InChI=1S/C22H29NS/c1-2-3-4-5-6-7-8-13-18-23-19-14-9-11-16-21(19)24-22-17-12-10-15-20(22)23/h9-12,14-17H,2-8,13,18H2,1H3. The van der Waals surface area contributed by atoms with Crippen LogP contribution in [0.25, 0.3) is 0 Å². The molecule has 1 aliphatic rings. The van der Waals surface area contributed by atoms with E-state index in [4.69, 9.17) is 0 Å². The average Bonchev–Trinajstić information content (AvgIpc) is 2.63. The Morgan fingerprint density at radius 2 is 1.17 bits per heavy atom. The van der Waals surface area contributed by atoms with E-state index in [1.165, 1.54) is 72.5 Å². The lowest BCUT2D eigenvalue weighted by atomic mass is 10.1. The van der Waals surface area contributed by atoms with E-state index < -0.39 is 0 Å². The third-order valence-electron chi connectivity index (χ3n) is 4.77. The Labute approximate surface area is 151 Å². The highest BCUT2D eigenvalue weighted by Crippen LogP contribution is 2.47. The highest BCUT2D eigenvalue weighted by molar-refractivity contribution is 7.99. The fraction of sp³-hybridized carbons (Fsp3) is 0.455. The smallest absolute Gasteiger partial charge is 0.0552 e. The van der Waals surface area contributed by atoms with Gasteiger partial charge in [-0.1, -0.05) is 87.9 Å². The molecule has 1 nitrogen and oxygen atoms in total. The summed E-state index contributed by atoms with van der Waals surface area (Å²) in [5, 5.41) is 0. The molecule has 2 aromatic carbocycles. The number of anilines is 2. The predicted molar refractivity (Wildman–Crippen MR) is 107 cm³/mol. The second-order valence-electron chi connectivity index (χ2n) is 6.66. The van der Waals surface area contributed by atoms with Gasteiger partial charge < -0.3 is 4.90 Å². The molecule has 0 bridgehead atoms. The summed E-state index contributed by atoms with van der Waals surface area (Å²) in [5.41, 5.74) is 2.76. The van der Waals surface area contributed by atoms with Gasteiger partial charge in [0.05, 0.1) is 11.4 Å². The van der Waals surface area contributed by atoms with Gasteiger partial charge in [-0.25, -0.2) is 0 Å². The molecule has 0 aromatic heterocycles. The molecule has 24 heavy (non-hydrogen) atoms. The fourth-order valence-electron chi connectivity index (χ4n) is 3.43. The number of para-hydroxylation sites is 2. The van der Waals surface area contributed by atoms with Gasteiger partial charge in [-0.05, 0) is 30.7 Å². The van der Waals surface area contributed by atoms with Crippen molar-refractivity contribution in [3.8, 4) is 0 Å². The Morgan fingerprint density at radius 1 is 0.667 bits per heavy atom. The summed E-state index contributed by atoms with van der Waals surface area (Å²) in [4.78, 5) is 5.30. The summed E-state index contributed by atoms with van der Waals surface area (Å²) >= 11 is 1.90. The van der Waals surface area contributed by atoms with Gasteiger partial charge in [-0.15, -0.1) is 0 Å². The highest BCUT2D eigenvalue weighted by Gasteiger charge is 2.21. The van der Waals surface area contributed by atoms with Gasteiger partial charge in [0.15, 0.2) is 0 Å². The minimum absolute atomic E-state index is 1.13. The van der Waals surface area contributed by atoms with Crippen molar-refractivity contribution in [3.05, 3.63) is 48.5 Å². The molecule has 3 rings (SSSR count). The first kappa shape index (κ1) is 17.4. The van der Waals surface area contributed by atoms with Gasteiger partial charge in [-0.2, -0.15) is 0 Å². The number of hydrogen-bond donors (Lipinski definition) is 0. The zero-order chi connectivity index (χ0) is 16.6. The van der Waals surface area contributed by atoms with Crippen LogP contribution in [-0.2, 0) is 0 Å². The molecule has 0 amide bonds. The van der Waals surface area contributed by atoms with E-state index in [0.717, 1.165) is 6.54 Å². The molecule has 1 aliphatic heterocycles. The molecule has 0 atom stereocenters. The first-order valence-corrected chi connectivity index (χ1v) is 10.3. The summed E-state index contributed by atoms with van der Waals surface area (Å²) in [7, 11) is 0. The SMILES string of the molecule is CCCCCCCCCCN1c2ccccc2Sc2ccccc21. The molecule has 128 valence electrons. The van der Waals surface area contributed by atoms with Crippen molar-refractivity contribution in [1.29, 1.82) is 0 Å².